The Balaban J connectivity index is 1.28. The van der Waals surface area contributed by atoms with Gasteiger partial charge in [0.05, 0.1) is 5.69 Å². The predicted molar refractivity (Wildman–Crippen MR) is 115 cm³/mol. The van der Waals surface area contributed by atoms with E-state index < -0.39 is 0 Å². The molecule has 0 bridgehead atoms. The molecule has 0 atom stereocenters. The van der Waals surface area contributed by atoms with Gasteiger partial charge in [0, 0.05) is 31.0 Å². The van der Waals surface area contributed by atoms with Gasteiger partial charge in [0.15, 0.2) is 0 Å². The summed E-state index contributed by atoms with van der Waals surface area (Å²) in [7, 11) is 0. The fourth-order valence-electron chi connectivity index (χ4n) is 3.79. The van der Waals surface area contributed by atoms with Crippen LogP contribution < -0.4 is 5.32 Å². The van der Waals surface area contributed by atoms with Crippen LogP contribution in [0, 0.1) is 0 Å². The van der Waals surface area contributed by atoms with Crippen molar-refractivity contribution in [3.8, 4) is 5.69 Å². The molecule has 1 aliphatic rings. The maximum atomic E-state index is 12.4. The average molecular weight is 389 g/mol. The summed E-state index contributed by atoms with van der Waals surface area (Å²) in [5.74, 6) is -0.0642. The Bertz CT molecular complexity index is 893. The molecule has 2 aromatic carbocycles. The Morgan fingerprint density at radius 2 is 1.59 bits per heavy atom. The molecule has 5 heteroatoms. The van der Waals surface area contributed by atoms with Crippen LogP contribution in [0.1, 0.15) is 47.2 Å². The summed E-state index contributed by atoms with van der Waals surface area (Å²) in [6.45, 7) is 3.97. The van der Waals surface area contributed by atoms with Crippen LogP contribution in [0.5, 0.6) is 0 Å². The van der Waals surface area contributed by atoms with Crippen LogP contribution in [-0.4, -0.2) is 33.7 Å². The smallest absolute Gasteiger partial charge is 0.251 e. The molecule has 0 spiro atoms. The van der Waals surface area contributed by atoms with Crippen LogP contribution in [-0.2, 0) is 13.1 Å². The Morgan fingerprint density at radius 1 is 0.897 bits per heavy atom. The summed E-state index contributed by atoms with van der Waals surface area (Å²) in [4.78, 5) is 15.0. The zero-order valence-electron chi connectivity index (χ0n) is 16.8. The Hall–Kier alpha value is -2.92. The lowest BCUT2D eigenvalue weighted by molar-refractivity contribution is 0.0951. The number of amides is 1. The number of hydrogen-bond acceptors (Lipinski definition) is 3. The highest BCUT2D eigenvalue weighted by Crippen LogP contribution is 2.14. The number of likely N-dealkylation sites (tertiary alicyclic amines) is 1. The van der Waals surface area contributed by atoms with Crippen molar-refractivity contribution in [2.75, 3.05) is 13.1 Å². The van der Waals surface area contributed by atoms with Gasteiger partial charge >= 0.3 is 0 Å². The Labute approximate surface area is 172 Å². The summed E-state index contributed by atoms with van der Waals surface area (Å²) in [5, 5.41) is 7.21. The van der Waals surface area contributed by atoms with Gasteiger partial charge in [-0.3, -0.25) is 9.69 Å². The molecule has 1 amide bonds. The van der Waals surface area contributed by atoms with Crippen LogP contribution >= 0.6 is 0 Å². The standard InChI is InChI=1S/C24H28N4O/c29-24(22-10-12-23(13-11-22)28-17-5-14-26-28)25-18-20-6-8-21(9-7-20)19-27-15-3-1-2-4-16-27/h5-14,17H,1-4,15-16,18-19H2,(H,25,29). The zero-order valence-corrected chi connectivity index (χ0v) is 16.8. The average Bonchev–Trinajstić information content (AvgIpc) is 3.18. The largest absolute Gasteiger partial charge is 0.348 e. The summed E-state index contributed by atoms with van der Waals surface area (Å²) in [5.41, 5.74) is 4.05. The van der Waals surface area contributed by atoms with Crippen LogP contribution in [0.2, 0.25) is 0 Å². The molecule has 3 aromatic rings. The second kappa shape index (κ2) is 9.52. The second-order valence-electron chi connectivity index (χ2n) is 7.69. The highest BCUT2D eigenvalue weighted by molar-refractivity contribution is 5.94. The molecule has 1 saturated heterocycles. The lowest BCUT2D eigenvalue weighted by Gasteiger charge is -2.19. The lowest BCUT2D eigenvalue weighted by Crippen LogP contribution is -2.24. The minimum atomic E-state index is -0.0642. The first-order valence-electron chi connectivity index (χ1n) is 10.5. The van der Waals surface area contributed by atoms with Gasteiger partial charge < -0.3 is 5.32 Å². The van der Waals surface area contributed by atoms with Crippen molar-refractivity contribution < 1.29 is 4.79 Å². The second-order valence-corrected chi connectivity index (χ2v) is 7.69. The van der Waals surface area contributed by atoms with Crippen molar-refractivity contribution >= 4 is 5.91 Å². The number of benzene rings is 2. The van der Waals surface area contributed by atoms with Crippen LogP contribution in [0.15, 0.2) is 67.0 Å². The molecule has 150 valence electrons. The summed E-state index contributed by atoms with van der Waals surface area (Å²) in [6.07, 6.45) is 8.97. The Morgan fingerprint density at radius 3 is 2.24 bits per heavy atom. The normalized spacial score (nSPS) is 15.0. The van der Waals surface area contributed by atoms with E-state index in [1.807, 2.05) is 36.5 Å². The summed E-state index contributed by atoms with van der Waals surface area (Å²) < 4.78 is 1.77. The number of nitrogens with zero attached hydrogens (tertiary/aromatic N) is 3. The van der Waals surface area contributed by atoms with E-state index in [1.165, 1.54) is 44.3 Å². The van der Waals surface area contributed by atoms with Gasteiger partial charge in [-0.05, 0) is 67.4 Å². The van der Waals surface area contributed by atoms with Crippen molar-refractivity contribution in [1.29, 1.82) is 0 Å². The molecule has 1 N–H and O–H groups in total. The molecule has 0 saturated carbocycles. The third-order valence-corrected chi connectivity index (χ3v) is 5.48. The molecule has 0 unspecified atom stereocenters. The fourth-order valence-corrected chi connectivity index (χ4v) is 3.79. The Kier molecular flexibility index (Phi) is 6.37. The quantitative estimate of drug-likeness (QED) is 0.689. The minimum Gasteiger partial charge on any atom is -0.348 e. The van der Waals surface area contributed by atoms with Gasteiger partial charge in [0.2, 0.25) is 0 Å². The minimum absolute atomic E-state index is 0.0642. The molecule has 5 nitrogen and oxygen atoms in total. The van der Waals surface area contributed by atoms with Crippen LogP contribution in [0.25, 0.3) is 5.69 Å². The third-order valence-electron chi connectivity index (χ3n) is 5.48. The van der Waals surface area contributed by atoms with E-state index in [1.54, 1.807) is 10.9 Å². The molecule has 1 aliphatic heterocycles. The van der Waals surface area contributed by atoms with Gasteiger partial charge in [-0.15, -0.1) is 0 Å². The monoisotopic (exact) mass is 388 g/mol. The first-order chi connectivity index (χ1) is 14.3. The number of carbonyl (C=O) groups excluding carboxylic acids is 1. The van der Waals surface area contributed by atoms with Gasteiger partial charge in [0.1, 0.15) is 0 Å². The molecule has 0 radical (unpaired) electrons. The highest BCUT2D eigenvalue weighted by Gasteiger charge is 2.10. The van der Waals surface area contributed by atoms with E-state index in [4.69, 9.17) is 0 Å². The molecule has 0 aliphatic carbocycles. The van der Waals surface area contributed by atoms with Gasteiger partial charge in [-0.2, -0.15) is 5.10 Å². The van der Waals surface area contributed by atoms with E-state index >= 15 is 0 Å². The maximum Gasteiger partial charge on any atom is 0.251 e. The zero-order chi connectivity index (χ0) is 19.9. The van der Waals surface area contributed by atoms with Gasteiger partial charge in [-0.25, -0.2) is 4.68 Å². The number of hydrogen-bond donors (Lipinski definition) is 1. The summed E-state index contributed by atoms with van der Waals surface area (Å²) >= 11 is 0. The molecular formula is C24H28N4O. The first-order valence-corrected chi connectivity index (χ1v) is 10.5. The molecule has 4 rings (SSSR count). The van der Waals surface area contributed by atoms with Gasteiger partial charge in [0.25, 0.3) is 5.91 Å². The fraction of sp³-hybridized carbons (Fsp3) is 0.333. The molecule has 1 aromatic heterocycles. The van der Waals surface area contributed by atoms with Crippen molar-refractivity contribution in [2.24, 2.45) is 0 Å². The number of aromatic nitrogens is 2. The van der Waals surface area contributed by atoms with E-state index in [0.29, 0.717) is 12.1 Å². The van der Waals surface area contributed by atoms with E-state index in [9.17, 15) is 4.79 Å². The van der Waals surface area contributed by atoms with Crippen molar-refractivity contribution in [2.45, 2.75) is 38.8 Å². The van der Waals surface area contributed by atoms with Crippen molar-refractivity contribution in [3.05, 3.63) is 83.7 Å². The highest BCUT2D eigenvalue weighted by atomic mass is 16.1. The lowest BCUT2D eigenvalue weighted by atomic mass is 10.1. The van der Waals surface area contributed by atoms with E-state index in [2.05, 4.69) is 39.6 Å². The number of carbonyl (C=O) groups is 1. The first kappa shape index (κ1) is 19.4. The summed E-state index contributed by atoms with van der Waals surface area (Å²) in [6, 6.07) is 17.9. The van der Waals surface area contributed by atoms with Crippen molar-refractivity contribution in [3.63, 3.8) is 0 Å². The van der Waals surface area contributed by atoms with Crippen LogP contribution in [0.4, 0.5) is 0 Å². The van der Waals surface area contributed by atoms with E-state index in [-0.39, 0.29) is 5.91 Å². The third kappa shape index (κ3) is 5.33. The SMILES string of the molecule is O=C(NCc1ccc(CN2CCCCCC2)cc1)c1ccc(-n2cccn2)cc1. The molecular weight excluding hydrogens is 360 g/mol. The van der Waals surface area contributed by atoms with E-state index in [0.717, 1.165) is 17.8 Å². The topological polar surface area (TPSA) is 50.2 Å². The van der Waals surface area contributed by atoms with Crippen LogP contribution in [0.3, 0.4) is 0 Å². The predicted octanol–water partition coefficient (Wildman–Crippen LogP) is 4.18. The number of nitrogens with one attached hydrogen (secondary N) is 1. The molecule has 29 heavy (non-hydrogen) atoms. The molecule has 1 fully saturated rings. The number of rotatable bonds is 6. The molecule has 2 heterocycles. The van der Waals surface area contributed by atoms with Gasteiger partial charge in [-0.1, -0.05) is 37.1 Å². The van der Waals surface area contributed by atoms with Crippen molar-refractivity contribution in [1.82, 2.24) is 20.0 Å². The maximum absolute atomic E-state index is 12.4.